The molecule has 2 N–H and O–H groups in total. The summed E-state index contributed by atoms with van der Waals surface area (Å²) < 4.78 is 14.3. The van der Waals surface area contributed by atoms with Gasteiger partial charge in [0.1, 0.15) is 5.82 Å². The van der Waals surface area contributed by atoms with Crippen LogP contribution in [0.5, 0.6) is 0 Å². The summed E-state index contributed by atoms with van der Waals surface area (Å²) >= 11 is 4.00. The van der Waals surface area contributed by atoms with Crippen LogP contribution in [0.2, 0.25) is 0 Å². The maximum atomic E-state index is 14.3. The van der Waals surface area contributed by atoms with Crippen molar-refractivity contribution >= 4 is 29.3 Å². The van der Waals surface area contributed by atoms with Gasteiger partial charge in [0.25, 0.3) is 11.5 Å². The lowest BCUT2D eigenvalue weighted by molar-refractivity contribution is 0.0952. The average Bonchev–Trinajstić information content (AvgIpc) is 2.62. The zero-order chi connectivity index (χ0) is 17.8. The van der Waals surface area contributed by atoms with Gasteiger partial charge in [0.05, 0.1) is 16.6 Å². The standard InChI is InChI=1S/C18H16FN3O2S/c19-15-9-11(5-6-14(15)17(23)20-7-8-25)10-16-12-3-1-2-4-13(12)18(24)22-21-16/h1-6,9,25H,7-8,10H2,(H,20,23)(H,22,24). The number of thiol groups is 1. The van der Waals surface area contributed by atoms with E-state index in [-0.39, 0.29) is 11.1 Å². The Morgan fingerprint density at radius 3 is 2.68 bits per heavy atom. The highest BCUT2D eigenvalue weighted by Crippen LogP contribution is 2.18. The van der Waals surface area contributed by atoms with Crippen LogP contribution in [0.3, 0.4) is 0 Å². The second-order valence-corrected chi connectivity index (χ2v) is 5.96. The van der Waals surface area contributed by atoms with E-state index in [0.717, 1.165) is 5.39 Å². The van der Waals surface area contributed by atoms with Crippen LogP contribution in [-0.2, 0) is 6.42 Å². The summed E-state index contributed by atoms with van der Waals surface area (Å²) in [7, 11) is 0. The van der Waals surface area contributed by atoms with Gasteiger partial charge in [-0.2, -0.15) is 17.7 Å². The molecule has 2 aromatic carbocycles. The Balaban J connectivity index is 1.90. The molecular formula is C18H16FN3O2S. The van der Waals surface area contributed by atoms with Crippen molar-refractivity contribution < 1.29 is 9.18 Å². The molecule has 1 aromatic heterocycles. The number of rotatable bonds is 5. The first-order valence-electron chi connectivity index (χ1n) is 7.74. The second-order valence-electron chi connectivity index (χ2n) is 5.52. The monoisotopic (exact) mass is 357 g/mol. The summed E-state index contributed by atoms with van der Waals surface area (Å²) in [5, 5.41) is 10.4. The first kappa shape index (κ1) is 17.2. The number of amides is 1. The summed E-state index contributed by atoms with van der Waals surface area (Å²) in [5.41, 5.74) is 1.03. The van der Waals surface area contributed by atoms with E-state index in [9.17, 15) is 14.0 Å². The first-order chi connectivity index (χ1) is 12.1. The van der Waals surface area contributed by atoms with Gasteiger partial charge in [0, 0.05) is 24.1 Å². The van der Waals surface area contributed by atoms with E-state index >= 15 is 0 Å². The van der Waals surface area contributed by atoms with Crippen LogP contribution in [0, 0.1) is 5.82 Å². The Hall–Kier alpha value is -2.67. The Labute approximate surface area is 148 Å². The van der Waals surface area contributed by atoms with Crippen molar-refractivity contribution in [2.45, 2.75) is 6.42 Å². The van der Waals surface area contributed by atoms with E-state index in [1.807, 2.05) is 12.1 Å². The molecule has 5 nitrogen and oxygen atoms in total. The van der Waals surface area contributed by atoms with Gasteiger partial charge < -0.3 is 5.32 Å². The van der Waals surface area contributed by atoms with Gasteiger partial charge in [-0.1, -0.05) is 24.3 Å². The number of H-pyrrole nitrogens is 1. The fraction of sp³-hybridized carbons (Fsp3) is 0.167. The number of hydrogen-bond donors (Lipinski definition) is 3. The van der Waals surface area contributed by atoms with Crippen LogP contribution in [0.15, 0.2) is 47.3 Å². The summed E-state index contributed by atoms with van der Waals surface area (Å²) in [6.07, 6.45) is 0.340. The van der Waals surface area contributed by atoms with E-state index in [1.54, 1.807) is 18.2 Å². The van der Waals surface area contributed by atoms with E-state index in [1.165, 1.54) is 12.1 Å². The quantitative estimate of drug-likeness (QED) is 0.614. The summed E-state index contributed by atoms with van der Waals surface area (Å²) in [6.45, 7) is 0.371. The molecule has 0 fully saturated rings. The fourth-order valence-electron chi connectivity index (χ4n) is 2.62. The van der Waals surface area contributed by atoms with Crippen molar-refractivity contribution in [1.29, 1.82) is 0 Å². The molecule has 0 radical (unpaired) electrons. The van der Waals surface area contributed by atoms with Gasteiger partial charge >= 0.3 is 0 Å². The molecule has 3 aromatic rings. The van der Waals surface area contributed by atoms with Crippen LogP contribution >= 0.6 is 12.6 Å². The maximum absolute atomic E-state index is 14.3. The number of nitrogens with one attached hydrogen (secondary N) is 2. The number of halogens is 1. The predicted molar refractivity (Wildman–Crippen MR) is 97.8 cm³/mol. The summed E-state index contributed by atoms with van der Waals surface area (Å²) in [6, 6.07) is 11.6. The molecule has 0 aliphatic heterocycles. The molecule has 0 saturated heterocycles. The number of aromatic nitrogens is 2. The van der Waals surface area contributed by atoms with E-state index < -0.39 is 11.7 Å². The van der Waals surface area contributed by atoms with Gasteiger partial charge in [-0.05, 0) is 23.8 Å². The first-order valence-corrected chi connectivity index (χ1v) is 8.37. The minimum Gasteiger partial charge on any atom is -0.351 e. The molecule has 0 bridgehead atoms. The largest absolute Gasteiger partial charge is 0.351 e. The number of benzene rings is 2. The number of aromatic amines is 1. The molecule has 0 aliphatic carbocycles. The Morgan fingerprint density at radius 1 is 1.20 bits per heavy atom. The lowest BCUT2D eigenvalue weighted by atomic mass is 10.0. The molecule has 7 heteroatoms. The molecule has 3 rings (SSSR count). The molecule has 0 atom stereocenters. The van der Waals surface area contributed by atoms with Crippen LogP contribution in [-0.4, -0.2) is 28.4 Å². The molecule has 1 amide bonds. The number of carbonyl (C=O) groups excluding carboxylic acids is 1. The van der Waals surface area contributed by atoms with Gasteiger partial charge in [0.15, 0.2) is 0 Å². The van der Waals surface area contributed by atoms with Crippen LogP contribution < -0.4 is 10.9 Å². The zero-order valence-corrected chi connectivity index (χ0v) is 14.1. The third kappa shape index (κ3) is 3.71. The lowest BCUT2D eigenvalue weighted by Crippen LogP contribution is -2.26. The summed E-state index contributed by atoms with van der Waals surface area (Å²) in [4.78, 5) is 23.7. The summed E-state index contributed by atoms with van der Waals surface area (Å²) in [5.74, 6) is -0.579. The third-order valence-corrected chi connectivity index (χ3v) is 4.05. The molecule has 0 saturated carbocycles. The minimum absolute atomic E-state index is 0.00943. The van der Waals surface area contributed by atoms with Gasteiger partial charge in [-0.15, -0.1) is 0 Å². The fourth-order valence-corrected chi connectivity index (χ4v) is 2.73. The van der Waals surface area contributed by atoms with Gasteiger partial charge in [-0.3, -0.25) is 9.59 Å². The SMILES string of the molecule is O=C(NCCS)c1ccc(Cc2n[nH]c(=O)c3ccccc23)cc1F. The highest BCUT2D eigenvalue weighted by atomic mass is 32.1. The molecule has 0 spiro atoms. The Bertz CT molecular complexity index is 987. The molecule has 0 unspecified atom stereocenters. The number of nitrogens with zero attached hydrogens (tertiary/aromatic N) is 1. The molecule has 1 heterocycles. The van der Waals surface area contributed by atoms with Crippen LogP contribution in [0.1, 0.15) is 21.6 Å². The lowest BCUT2D eigenvalue weighted by Gasteiger charge is -2.08. The zero-order valence-electron chi connectivity index (χ0n) is 13.3. The molecular weight excluding hydrogens is 341 g/mol. The Kier molecular flexibility index (Phi) is 5.14. The third-order valence-electron chi connectivity index (χ3n) is 3.82. The van der Waals surface area contributed by atoms with Gasteiger partial charge in [0.2, 0.25) is 0 Å². The number of carbonyl (C=O) groups is 1. The van der Waals surface area contributed by atoms with E-state index in [0.29, 0.717) is 35.4 Å². The van der Waals surface area contributed by atoms with Crippen molar-refractivity contribution in [3.63, 3.8) is 0 Å². The topological polar surface area (TPSA) is 74.8 Å². The van der Waals surface area contributed by atoms with E-state index in [2.05, 4.69) is 28.1 Å². The van der Waals surface area contributed by atoms with Crippen LogP contribution in [0.25, 0.3) is 10.8 Å². The predicted octanol–water partition coefficient (Wildman–Crippen LogP) is 2.31. The van der Waals surface area contributed by atoms with E-state index in [4.69, 9.17) is 0 Å². The molecule has 128 valence electrons. The van der Waals surface area contributed by atoms with Gasteiger partial charge in [-0.25, -0.2) is 9.49 Å². The molecule has 0 aliphatic rings. The minimum atomic E-state index is -0.595. The maximum Gasteiger partial charge on any atom is 0.272 e. The van der Waals surface area contributed by atoms with Crippen molar-refractivity contribution in [2.75, 3.05) is 12.3 Å². The van der Waals surface area contributed by atoms with Crippen molar-refractivity contribution in [3.05, 3.63) is 75.5 Å². The molecule has 25 heavy (non-hydrogen) atoms. The Morgan fingerprint density at radius 2 is 1.96 bits per heavy atom. The number of hydrogen-bond acceptors (Lipinski definition) is 4. The average molecular weight is 357 g/mol. The number of fused-ring (bicyclic) bond motifs is 1. The smallest absolute Gasteiger partial charge is 0.272 e. The van der Waals surface area contributed by atoms with Crippen LogP contribution in [0.4, 0.5) is 4.39 Å². The second kappa shape index (κ2) is 7.48. The van der Waals surface area contributed by atoms with Crippen molar-refractivity contribution in [1.82, 2.24) is 15.5 Å². The van der Waals surface area contributed by atoms with Crippen molar-refractivity contribution in [3.8, 4) is 0 Å². The van der Waals surface area contributed by atoms with Crippen molar-refractivity contribution in [2.24, 2.45) is 0 Å². The highest BCUT2D eigenvalue weighted by Gasteiger charge is 2.13. The highest BCUT2D eigenvalue weighted by molar-refractivity contribution is 7.80. The normalized spacial score (nSPS) is 10.8.